The zero-order chi connectivity index (χ0) is 14.1. The van der Waals surface area contributed by atoms with Gasteiger partial charge >= 0.3 is 0 Å². The predicted molar refractivity (Wildman–Crippen MR) is 85.1 cm³/mol. The first-order valence-electron chi connectivity index (χ1n) is 7.03. The molecule has 0 unspecified atom stereocenters. The van der Waals surface area contributed by atoms with E-state index in [1.807, 2.05) is 12.3 Å². The molecule has 0 aliphatic heterocycles. The molecule has 0 amide bonds. The number of rotatable bonds is 6. The lowest BCUT2D eigenvalue weighted by atomic mass is 10.4. The maximum Gasteiger partial charge on any atom is 0.160 e. The molecule has 3 rings (SSSR count). The molecule has 0 bridgehead atoms. The van der Waals surface area contributed by atoms with Crippen molar-refractivity contribution in [2.75, 3.05) is 13.1 Å². The van der Waals surface area contributed by atoms with Gasteiger partial charge in [-0.2, -0.15) is 0 Å². The minimum absolute atomic E-state index is 0.420. The number of aromatic nitrogens is 3. The summed E-state index contributed by atoms with van der Waals surface area (Å²) in [6.45, 7) is 5.26. The van der Waals surface area contributed by atoms with Crippen molar-refractivity contribution in [1.82, 2.24) is 19.4 Å². The molecule has 1 aliphatic rings. The Labute approximate surface area is 132 Å². The van der Waals surface area contributed by atoms with Crippen molar-refractivity contribution in [2.24, 2.45) is 0 Å². The van der Waals surface area contributed by atoms with Crippen LogP contribution < -0.4 is 0 Å². The van der Waals surface area contributed by atoms with Crippen molar-refractivity contribution in [3.63, 3.8) is 0 Å². The third kappa shape index (κ3) is 2.85. The second-order valence-electron chi connectivity index (χ2n) is 5.17. The minimum Gasteiger partial charge on any atom is -0.310 e. The van der Waals surface area contributed by atoms with Gasteiger partial charge in [0.25, 0.3) is 0 Å². The number of alkyl halides is 1. The molecule has 2 heterocycles. The van der Waals surface area contributed by atoms with Gasteiger partial charge in [0.15, 0.2) is 5.65 Å². The highest BCUT2D eigenvalue weighted by Crippen LogP contribution is 2.26. The highest BCUT2D eigenvalue weighted by Gasteiger charge is 2.27. The molecule has 1 aliphatic carbocycles. The maximum absolute atomic E-state index is 6.03. The molecule has 0 spiro atoms. The lowest BCUT2D eigenvalue weighted by molar-refractivity contribution is 0.266. The SMILES string of the molecule is CCN(CCn1c(CCl)nc2cc(Br)cnc21)C1CC1. The molecule has 6 heteroatoms. The van der Waals surface area contributed by atoms with Crippen molar-refractivity contribution in [1.29, 1.82) is 0 Å². The van der Waals surface area contributed by atoms with Gasteiger partial charge in [-0.3, -0.25) is 4.90 Å². The first-order valence-corrected chi connectivity index (χ1v) is 8.36. The van der Waals surface area contributed by atoms with Crippen LogP contribution in [0.2, 0.25) is 0 Å². The standard InChI is InChI=1S/C14H18BrClN4/c1-2-19(11-3-4-11)5-6-20-13(8-16)18-12-7-10(15)9-17-14(12)20/h7,9,11H,2-6,8H2,1H3. The van der Waals surface area contributed by atoms with E-state index in [0.717, 1.165) is 47.1 Å². The van der Waals surface area contributed by atoms with Crippen LogP contribution >= 0.6 is 27.5 Å². The van der Waals surface area contributed by atoms with Gasteiger partial charge in [-0.15, -0.1) is 11.6 Å². The first kappa shape index (κ1) is 14.3. The van der Waals surface area contributed by atoms with Crippen LogP contribution in [0.1, 0.15) is 25.6 Å². The smallest absolute Gasteiger partial charge is 0.160 e. The molecule has 108 valence electrons. The van der Waals surface area contributed by atoms with Crippen LogP contribution in [0.5, 0.6) is 0 Å². The first-order chi connectivity index (χ1) is 9.72. The fourth-order valence-electron chi connectivity index (χ4n) is 2.64. The largest absolute Gasteiger partial charge is 0.310 e. The molecule has 1 fully saturated rings. The topological polar surface area (TPSA) is 34.0 Å². The van der Waals surface area contributed by atoms with Crippen LogP contribution in [-0.4, -0.2) is 38.6 Å². The van der Waals surface area contributed by atoms with Gasteiger partial charge in [-0.05, 0) is 41.4 Å². The Kier molecular flexibility index (Phi) is 4.29. The van der Waals surface area contributed by atoms with E-state index in [1.54, 1.807) is 0 Å². The van der Waals surface area contributed by atoms with E-state index in [1.165, 1.54) is 12.8 Å². The van der Waals surface area contributed by atoms with E-state index in [4.69, 9.17) is 11.6 Å². The summed E-state index contributed by atoms with van der Waals surface area (Å²) < 4.78 is 3.10. The van der Waals surface area contributed by atoms with Crippen LogP contribution in [0.15, 0.2) is 16.7 Å². The lowest BCUT2D eigenvalue weighted by Crippen LogP contribution is -2.29. The molecule has 20 heavy (non-hydrogen) atoms. The summed E-state index contributed by atoms with van der Waals surface area (Å²) in [5.41, 5.74) is 1.83. The number of pyridine rings is 1. The Bertz CT molecular complexity index is 608. The molecule has 0 atom stereocenters. The van der Waals surface area contributed by atoms with Gasteiger partial charge in [-0.25, -0.2) is 9.97 Å². The van der Waals surface area contributed by atoms with E-state index in [0.29, 0.717) is 5.88 Å². The van der Waals surface area contributed by atoms with E-state index in [-0.39, 0.29) is 0 Å². The number of nitrogens with zero attached hydrogens (tertiary/aromatic N) is 4. The van der Waals surface area contributed by atoms with Crippen molar-refractivity contribution >= 4 is 38.7 Å². The van der Waals surface area contributed by atoms with Gasteiger partial charge in [0.1, 0.15) is 11.3 Å². The molecule has 0 saturated heterocycles. The highest BCUT2D eigenvalue weighted by atomic mass is 79.9. The van der Waals surface area contributed by atoms with E-state index < -0.39 is 0 Å². The van der Waals surface area contributed by atoms with Crippen LogP contribution in [0.25, 0.3) is 11.2 Å². The molecule has 2 aromatic heterocycles. The summed E-state index contributed by atoms with van der Waals surface area (Å²) in [6.07, 6.45) is 4.50. The maximum atomic E-state index is 6.03. The summed E-state index contributed by atoms with van der Waals surface area (Å²) in [4.78, 5) is 11.6. The number of imidazole rings is 1. The number of halogens is 2. The fourth-order valence-corrected chi connectivity index (χ4v) is 3.16. The molecule has 0 aromatic carbocycles. The zero-order valence-electron chi connectivity index (χ0n) is 11.5. The predicted octanol–water partition coefficient (Wildman–Crippen LogP) is 3.42. The molecule has 2 aromatic rings. The second-order valence-corrected chi connectivity index (χ2v) is 6.35. The Morgan fingerprint density at radius 1 is 1.50 bits per heavy atom. The Morgan fingerprint density at radius 3 is 2.95 bits per heavy atom. The van der Waals surface area contributed by atoms with Gasteiger partial charge in [0.05, 0.1) is 5.88 Å². The Hall–Kier alpha value is -0.650. The number of hydrogen-bond donors (Lipinski definition) is 0. The highest BCUT2D eigenvalue weighted by molar-refractivity contribution is 9.10. The van der Waals surface area contributed by atoms with Crippen molar-refractivity contribution < 1.29 is 0 Å². The van der Waals surface area contributed by atoms with Gasteiger partial charge in [-0.1, -0.05) is 6.92 Å². The average molecular weight is 358 g/mol. The van der Waals surface area contributed by atoms with E-state index in [9.17, 15) is 0 Å². The van der Waals surface area contributed by atoms with Crippen molar-refractivity contribution in [2.45, 2.75) is 38.2 Å². The summed E-state index contributed by atoms with van der Waals surface area (Å²) in [7, 11) is 0. The Morgan fingerprint density at radius 2 is 2.30 bits per heavy atom. The van der Waals surface area contributed by atoms with Gasteiger partial charge < -0.3 is 4.57 Å². The molecule has 0 N–H and O–H groups in total. The molecular weight excluding hydrogens is 340 g/mol. The summed E-state index contributed by atoms with van der Waals surface area (Å²) in [5, 5.41) is 0. The average Bonchev–Trinajstić information content (AvgIpc) is 3.22. The van der Waals surface area contributed by atoms with Crippen LogP contribution in [0, 0.1) is 0 Å². The third-order valence-electron chi connectivity index (χ3n) is 3.83. The molecular formula is C14H18BrClN4. The molecule has 1 saturated carbocycles. The normalized spacial score (nSPS) is 15.4. The Balaban J connectivity index is 1.85. The molecule has 4 nitrogen and oxygen atoms in total. The summed E-state index contributed by atoms with van der Waals surface area (Å²) >= 11 is 9.47. The van der Waals surface area contributed by atoms with Crippen LogP contribution in [0.4, 0.5) is 0 Å². The van der Waals surface area contributed by atoms with Gasteiger partial charge in [0, 0.05) is 29.8 Å². The second kappa shape index (κ2) is 6.00. The molecule has 0 radical (unpaired) electrons. The quantitative estimate of drug-likeness (QED) is 0.743. The number of hydrogen-bond acceptors (Lipinski definition) is 3. The summed E-state index contributed by atoms with van der Waals surface area (Å²) in [6, 6.07) is 2.78. The van der Waals surface area contributed by atoms with Crippen molar-refractivity contribution in [3.8, 4) is 0 Å². The van der Waals surface area contributed by atoms with E-state index in [2.05, 4.69) is 42.3 Å². The van der Waals surface area contributed by atoms with Gasteiger partial charge in [0.2, 0.25) is 0 Å². The third-order valence-corrected chi connectivity index (χ3v) is 4.50. The van der Waals surface area contributed by atoms with Crippen LogP contribution in [-0.2, 0) is 12.4 Å². The fraction of sp³-hybridized carbons (Fsp3) is 0.571. The monoisotopic (exact) mass is 356 g/mol. The summed E-state index contributed by atoms with van der Waals surface area (Å²) in [5.74, 6) is 1.32. The number of likely N-dealkylation sites (N-methyl/N-ethyl adjacent to an activating group) is 1. The van der Waals surface area contributed by atoms with Crippen molar-refractivity contribution in [3.05, 3.63) is 22.6 Å². The lowest BCUT2D eigenvalue weighted by Gasteiger charge is -2.20. The van der Waals surface area contributed by atoms with Crippen LogP contribution in [0.3, 0.4) is 0 Å². The van der Waals surface area contributed by atoms with E-state index >= 15 is 0 Å². The minimum atomic E-state index is 0.420. The number of fused-ring (bicyclic) bond motifs is 1. The zero-order valence-corrected chi connectivity index (χ0v) is 13.9.